The SMILES string of the molecule is CC(C)CC(=O)N1CCc2nc(Nc3ncnc(N)c3[N+](=O)[O-])sc2C1. The van der Waals surface area contributed by atoms with Gasteiger partial charge in [0, 0.05) is 24.3 Å². The molecule has 3 N–H and O–H groups in total. The van der Waals surface area contributed by atoms with E-state index in [4.69, 9.17) is 5.73 Å². The molecule has 26 heavy (non-hydrogen) atoms. The summed E-state index contributed by atoms with van der Waals surface area (Å²) in [6.07, 6.45) is 2.33. The second kappa shape index (κ2) is 7.20. The number of nitro groups is 1. The summed E-state index contributed by atoms with van der Waals surface area (Å²) in [5.41, 5.74) is 6.09. The largest absolute Gasteiger partial charge is 0.378 e. The Morgan fingerprint density at radius 3 is 2.96 bits per heavy atom. The van der Waals surface area contributed by atoms with Gasteiger partial charge in [0.25, 0.3) is 0 Å². The van der Waals surface area contributed by atoms with E-state index in [1.807, 2.05) is 18.7 Å². The molecular formula is C15H19N7O3S. The molecule has 0 bridgehead atoms. The lowest BCUT2D eigenvalue weighted by atomic mass is 10.1. The molecule has 0 aliphatic carbocycles. The number of thiazole rings is 1. The van der Waals surface area contributed by atoms with E-state index in [0.29, 0.717) is 37.0 Å². The number of anilines is 3. The molecule has 3 rings (SSSR count). The standard InChI is InChI=1S/C15H19N7O3S/c1-8(2)5-11(23)21-4-3-9-10(6-21)26-15(19-9)20-14-12(22(24)25)13(16)17-7-18-14/h7-8H,3-6H2,1-2H3,(H3,16,17,18,19,20). The Hall–Kier alpha value is -2.82. The van der Waals surface area contributed by atoms with Crippen molar-refractivity contribution in [1.29, 1.82) is 0 Å². The molecular weight excluding hydrogens is 358 g/mol. The molecule has 0 aromatic carbocycles. The maximum atomic E-state index is 12.3. The summed E-state index contributed by atoms with van der Waals surface area (Å²) in [6.45, 7) is 5.17. The number of aromatic nitrogens is 3. The van der Waals surface area contributed by atoms with E-state index in [2.05, 4.69) is 20.3 Å². The van der Waals surface area contributed by atoms with Gasteiger partial charge in [0.15, 0.2) is 5.13 Å². The summed E-state index contributed by atoms with van der Waals surface area (Å²) in [5.74, 6) is 0.236. The van der Waals surface area contributed by atoms with Crippen LogP contribution in [0, 0.1) is 16.0 Å². The van der Waals surface area contributed by atoms with Gasteiger partial charge in [0.1, 0.15) is 6.33 Å². The van der Waals surface area contributed by atoms with Crippen molar-refractivity contribution in [1.82, 2.24) is 19.9 Å². The molecule has 138 valence electrons. The summed E-state index contributed by atoms with van der Waals surface area (Å²) < 4.78 is 0. The van der Waals surface area contributed by atoms with Crippen molar-refractivity contribution in [2.75, 3.05) is 17.6 Å². The third kappa shape index (κ3) is 3.72. The van der Waals surface area contributed by atoms with Crippen LogP contribution in [-0.2, 0) is 17.8 Å². The van der Waals surface area contributed by atoms with Crippen molar-refractivity contribution < 1.29 is 9.72 Å². The third-order valence-corrected chi connectivity index (χ3v) is 4.92. The molecule has 0 saturated carbocycles. The molecule has 2 aromatic heterocycles. The normalized spacial score (nSPS) is 13.6. The van der Waals surface area contributed by atoms with E-state index < -0.39 is 4.92 Å². The summed E-state index contributed by atoms with van der Waals surface area (Å²) in [7, 11) is 0. The van der Waals surface area contributed by atoms with Crippen LogP contribution in [0.2, 0.25) is 0 Å². The first-order chi connectivity index (χ1) is 12.3. The fourth-order valence-corrected chi connectivity index (χ4v) is 3.73. The van der Waals surface area contributed by atoms with Gasteiger partial charge < -0.3 is 16.0 Å². The highest BCUT2D eigenvalue weighted by molar-refractivity contribution is 7.15. The van der Waals surface area contributed by atoms with Gasteiger partial charge in [-0.2, -0.15) is 0 Å². The molecule has 0 spiro atoms. The van der Waals surface area contributed by atoms with Crippen LogP contribution in [0.5, 0.6) is 0 Å². The number of hydrogen-bond acceptors (Lipinski definition) is 9. The highest BCUT2D eigenvalue weighted by atomic mass is 32.1. The number of carbonyl (C=O) groups excluding carboxylic acids is 1. The van der Waals surface area contributed by atoms with Crippen molar-refractivity contribution in [3.8, 4) is 0 Å². The first-order valence-electron chi connectivity index (χ1n) is 8.13. The molecule has 0 unspecified atom stereocenters. The third-order valence-electron chi connectivity index (χ3n) is 3.93. The number of hydrogen-bond donors (Lipinski definition) is 2. The minimum atomic E-state index is -0.627. The number of nitrogens with zero attached hydrogens (tertiary/aromatic N) is 5. The molecule has 1 aliphatic rings. The topological polar surface area (TPSA) is 140 Å². The predicted molar refractivity (Wildman–Crippen MR) is 97.1 cm³/mol. The van der Waals surface area contributed by atoms with Gasteiger partial charge in [0.2, 0.25) is 17.5 Å². The van der Waals surface area contributed by atoms with Crippen molar-refractivity contribution in [2.24, 2.45) is 5.92 Å². The van der Waals surface area contributed by atoms with E-state index in [1.54, 1.807) is 0 Å². The molecule has 1 aliphatic heterocycles. The van der Waals surface area contributed by atoms with Crippen LogP contribution in [0.3, 0.4) is 0 Å². The fourth-order valence-electron chi connectivity index (χ4n) is 2.71. The Morgan fingerprint density at radius 2 is 2.27 bits per heavy atom. The molecule has 2 aromatic rings. The smallest absolute Gasteiger partial charge is 0.353 e. The second-order valence-corrected chi connectivity index (χ2v) is 7.47. The van der Waals surface area contributed by atoms with E-state index in [-0.39, 0.29) is 23.2 Å². The molecule has 0 saturated heterocycles. The lowest BCUT2D eigenvalue weighted by Gasteiger charge is -2.26. The van der Waals surface area contributed by atoms with Crippen LogP contribution < -0.4 is 11.1 Å². The highest BCUT2D eigenvalue weighted by Crippen LogP contribution is 2.33. The maximum absolute atomic E-state index is 12.3. The lowest BCUT2D eigenvalue weighted by molar-refractivity contribution is -0.383. The zero-order valence-electron chi connectivity index (χ0n) is 14.4. The van der Waals surface area contributed by atoms with Gasteiger partial charge in [-0.25, -0.2) is 15.0 Å². The number of fused-ring (bicyclic) bond motifs is 1. The molecule has 0 atom stereocenters. The summed E-state index contributed by atoms with van der Waals surface area (Å²) in [5, 5.41) is 14.5. The quantitative estimate of drug-likeness (QED) is 0.596. The van der Waals surface area contributed by atoms with Gasteiger partial charge in [-0.1, -0.05) is 25.2 Å². The van der Waals surface area contributed by atoms with Gasteiger partial charge in [0.05, 0.1) is 17.2 Å². The van der Waals surface area contributed by atoms with E-state index >= 15 is 0 Å². The average Bonchev–Trinajstić information content (AvgIpc) is 2.95. The molecule has 0 fully saturated rings. The van der Waals surface area contributed by atoms with Crippen molar-refractivity contribution >= 4 is 39.7 Å². The molecule has 10 nitrogen and oxygen atoms in total. The van der Waals surface area contributed by atoms with Gasteiger partial charge in [-0.3, -0.25) is 14.9 Å². The van der Waals surface area contributed by atoms with Crippen molar-refractivity contribution in [3.63, 3.8) is 0 Å². The summed E-state index contributed by atoms with van der Waals surface area (Å²) in [4.78, 5) is 37.6. The van der Waals surface area contributed by atoms with Crippen LogP contribution in [0.1, 0.15) is 30.8 Å². The van der Waals surface area contributed by atoms with E-state index in [0.717, 1.165) is 16.9 Å². The average molecular weight is 377 g/mol. The number of rotatable bonds is 5. The monoisotopic (exact) mass is 377 g/mol. The Bertz CT molecular complexity index is 852. The van der Waals surface area contributed by atoms with Crippen LogP contribution in [0.4, 0.5) is 22.5 Å². The summed E-state index contributed by atoms with van der Waals surface area (Å²) in [6, 6.07) is 0. The van der Waals surface area contributed by atoms with Crippen molar-refractivity contribution in [2.45, 2.75) is 33.2 Å². The fraction of sp³-hybridized carbons (Fsp3) is 0.467. The molecule has 3 heterocycles. The maximum Gasteiger partial charge on any atom is 0.353 e. The van der Waals surface area contributed by atoms with Gasteiger partial charge in [-0.15, -0.1) is 0 Å². The van der Waals surface area contributed by atoms with E-state index in [1.165, 1.54) is 11.3 Å². The number of nitrogens with one attached hydrogen (secondary N) is 1. The van der Waals surface area contributed by atoms with Crippen molar-refractivity contribution in [3.05, 3.63) is 27.0 Å². The zero-order valence-corrected chi connectivity index (χ0v) is 15.2. The number of nitrogens with two attached hydrogens (primary N) is 1. The minimum Gasteiger partial charge on any atom is -0.378 e. The predicted octanol–water partition coefficient (Wildman–Crippen LogP) is 2.10. The molecule has 1 amide bonds. The van der Waals surface area contributed by atoms with Gasteiger partial charge in [-0.05, 0) is 5.92 Å². The first kappa shape index (κ1) is 18.0. The van der Waals surface area contributed by atoms with E-state index in [9.17, 15) is 14.9 Å². The van der Waals surface area contributed by atoms with Gasteiger partial charge >= 0.3 is 5.69 Å². The number of nitrogen functional groups attached to an aromatic ring is 1. The lowest BCUT2D eigenvalue weighted by Crippen LogP contribution is -2.36. The van der Waals surface area contributed by atoms with Crippen LogP contribution in [0.15, 0.2) is 6.33 Å². The Labute approximate surface area is 153 Å². The highest BCUT2D eigenvalue weighted by Gasteiger charge is 2.26. The molecule has 0 radical (unpaired) electrons. The van der Waals surface area contributed by atoms with Crippen LogP contribution in [-0.4, -0.2) is 37.2 Å². The Kier molecular flexibility index (Phi) is 4.98. The van der Waals surface area contributed by atoms with Crippen LogP contribution >= 0.6 is 11.3 Å². The Morgan fingerprint density at radius 1 is 1.50 bits per heavy atom. The number of carbonyl (C=O) groups is 1. The zero-order chi connectivity index (χ0) is 18.8. The summed E-state index contributed by atoms with van der Waals surface area (Å²) >= 11 is 1.36. The second-order valence-electron chi connectivity index (χ2n) is 6.39. The number of amides is 1. The first-order valence-corrected chi connectivity index (χ1v) is 8.95. The molecule has 11 heteroatoms. The van der Waals surface area contributed by atoms with Crippen LogP contribution in [0.25, 0.3) is 0 Å². The Balaban J connectivity index is 1.78. The minimum absolute atomic E-state index is 0.00124.